The van der Waals surface area contributed by atoms with Crippen molar-refractivity contribution in [2.45, 2.75) is 89.2 Å². The predicted octanol–water partition coefficient (Wildman–Crippen LogP) is 4.67. The van der Waals surface area contributed by atoms with E-state index < -0.39 is 20.7 Å². The molecule has 1 aliphatic heterocycles. The molecule has 0 radical (unpaired) electrons. The maximum absolute atomic E-state index is 10.5. The van der Waals surface area contributed by atoms with Gasteiger partial charge in [-0.15, -0.1) is 0 Å². The molecule has 0 bridgehead atoms. The van der Waals surface area contributed by atoms with Gasteiger partial charge >= 0.3 is 0 Å². The SMILES string of the molecule is CC(C)(C)[Si](C)(C)O[C@H](/C=C/[C@@H]1[C@H]2CC(O)O[C@H]2C[C@H]1O)CCc1ccccc1. The fourth-order valence-electron chi connectivity index (χ4n) is 4.29. The third kappa shape index (κ3) is 5.59. The second-order valence-corrected chi connectivity index (χ2v) is 15.0. The second kappa shape index (κ2) is 9.02. The minimum Gasteiger partial charge on any atom is -0.411 e. The van der Waals surface area contributed by atoms with Gasteiger partial charge in [0.1, 0.15) is 0 Å². The summed E-state index contributed by atoms with van der Waals surface area (Å²) in [6, 6.07) is 10.5. The topological polar surface area (TPSA) is 58.9 Å². The molecule has 29 heavy (non-hydrogen) atoms. The first-order valence-electron chi connectivity index (χ1n) is 11.0. The van der Waals surface area contributed by atoms with Gasteiger partial charge in [-0.25, -0.2) is 0 Å². The van der Waals surface area contributed by atoms with Crippen molar-refractivity contribution in [3.05, 3.63) is 48.0 Å². The summed E-state index contributed by atoms with van der Waals surface area (Å²) in [6.45, 7) is 11.4. The highest BCUT2D eigenvalue weighted by molar-refractivity contribution is 6.74. The molecule has 0 aromatic heterocycles. The Balaban J connectivity index is 1.72. The average molecular weight is 419 g/mol. The lowest BCUT2D eigenvalue weighted by Crippen LogP contribution is -2.43. The smallest absolute Gasteiger partial charge is 0.192 e. The molecule has 3 rings (SSSR count). The molecular weight excluding hydrogens is 380 g/mol. The fraction of sp³-hybridized carbons (Fsp3) is 0.667. The van der Waals surface area contributed by atoms with Crippen LogP contribution in [0.4, 0.5) is 0 Å². The van der Waals surface area contributed by atoms with Crippen molar-refractivity contribution in [1.82, 2.24) is 0 Å². The molecule has 1 aromatic rings. The van der Waals surface area contributed by atoms with E-state index in [9.17, 15) is 10.2 Å². The number of hydrogen-bond donors (Lipinski definition) is 2. The van der Waals surface area contributed by atoms with Gasteiger partial charge in [0.15, 0.2) is 14.6 Å². The number of hydrogen-bond acceptors (Lipinski definition) is 4. The summed E-state index contributed by atoms with van der Waals surface area (Å²) in [4.78, 5) is 0. The van der Waals surface area contributed by atoms with Crippen molar-refractivity contribution in [3.63, 3.8) is 0 Å². The Morgan fingerprint density at radius 1 is 1.17 bits per heavy atom. The Labute approximate surface area is 177 Å². The maximum Gasteiger partial charge on any atom is 0.192 e. The van der Waals surface area contributed by atoms with Gasteiger partial charge in [0, 0.05) is 18.8 Å². The van der Waals surface area contributed by atoms with Crippen molar-refractivity contribution in [2.24, 2.45) is 11.8 Å². The van der Waals surface area contributed by atoms with Crippen molar-refractivity contribution in [2.75, 3.05) is 0 Å². The molecule has 6 atom stereocenters. The van der Waals surface area contributed by atoms with E-state index >= 15 is 0 Å². The summed E-state index contributed by atoms with van der Waals surface area (Å²) in [5.41, 5.74) is 1.32. The van der Waals surface area contributed by atoms with Crippen LogP contribution < -0.4 is 0 Å². The molecular formula is C24H38O4Si. The Kier molecular flexibility index (Phi) is 7.06. The van der Waals surface area contributed by atoms with Gasteiger partial charge in [0.05, 0.1) is 18.3 Å². The van der Waals surface area contributed by atoms with Crippen LogP contribution >= 0.6 is 0 Å². The predicted molar refractivity (Wildman–Crippen MR) is 119 cm³/mol. The summed E-state index contributed by atoms with van der Waals surface area (Å²) in [5.74, 6) is 0.221. The van der Waals surface area contributed by atoms with Crippen molar-refractivity contribution in [3.8, 4) is 0 Å². The summed E-state index contributed by atoms with van der Waals surface area (Å²) < 4.78 is 12.3. The molecule has 1 aliphatic carbocycles. The maximum atomic E-state index is 10.5. The normalized spacial score (nSPS) is 31.3. The monoisotopic (exact) mass is 418 g/mol. The zero-order valence-corrected chi connectivity index (χ0v) is 19.5. The molecule has 2 fully saturated rings. The Bertz CT molecular complexity index is 682. The molecule has 1 saturated heterocycles. The van der Waals surface area contributed by atoms with Crippen molar-refractivity contribution < 1.29 is 19.4 Å². The Morgan fingerprint density at radius 3 is 2.52 bits per heavy atom. The van der Waals surface area contributed by atoms with E-state index in [1.165, 1.54) is 5.56 Å². The Morgan fingerprint density at radius 2 is 1.86 bits per heavy atom. The van der Waals surface area contributed by atoms with E-state index in [0.717, 1.165) is 12.8 Å². The average Bonchev–Trinajstić information content (AvgIpc) is 3.12. The molecule has 1 aromatic carbocycles. The number of aryl methyl sites for hydroxylation is 1. The van der Waals surface area contributed by atoms with Crippen LogP contribution in [0.1, 0.15) is 45.6 Å². The summed E-state index contributed by atoms with van der Waals surface area (Å²) in [6.07, 6.45) is 6.30. The molecule has 2 N–H and O–H groups in total. The zero-order chi connectivity index (χ0) is 21.2. The third-order valence-electron chi connectivity index (χ3n) is 7.06. The number of aliphatic hydroxyl groups is 2. The summed E-state index contributed by atoms with van der Waals surface area (Å²) in [5, 5.41) is 20.5. The molecule has 162 valence electrons. The number of rotatable bonds is 7. The molecule has 5 heteroatoms. The van der Waals surface area contributed by atoms with Gasteiger partial charge in [-0.05, 0) is 42.5 Å². The van der Waals surface area contributed by atoms with Gasteiger partial charge < -0.3 is 19.4 Å². The molecule has 2 aliphatic rings. The highest BCUT2D eigenvalue weighted by Crippen LogP contribution is 2.44. The van der Waals surface area contributed by atoms with Gasteiger partial charge in [0.25, 0.3) is 0 Å². The molecule has 1 saturated carbocycles. The molecule has 4 nitrogen and oxygen atoms in total. The third-order valence-corrected chi connectivity index (χ3v) is 11.6. The van der Waals surface area contributed by atoms with Gasteiger partial charge in [-0.1, -0.05) is 63.3 Å². The molecule has 1 unspecified atom stereocenters. The highest BCUT2D eigenvalue weighted by atomic mass is 28.4. The first-order valence-corrected chi connectivity index (χ1v) is 13.9. The summed E-state index contributed by atoms with van der Waals surface area (Å²) in [7, 11) is -1.92. The van der Waals surface area contributed by atoms with Crippen LogP contribution in [0.15, 0.2) is 42.5 Å². The Hall–Kier alpha value is -0.983. The van der Waals surface area contributed by atoms with E-state index in [4.69, 9.17) is 9.16 Å². The first-order chi connectivity index (χ1) is 13.6. The van der Waals surface area contributed by atoms with E-state index in [1.54, 1.807) is 0 Å². The van der Waals surface area contributed by atoms with E-state index in [-0.39, 0.29) is 29.1 Å². The van der Waals surface area contributed by atoms with Gasteiger partial charge in [0.2, 0.25) is 0 Å². The number of ether oxygens (including phenoxy) is 1. The molecule has 0 spiro atoms. The quantitative estimate of drug-likeness (QED) is 0.499. The highest BCUT2D eigenvalue weighted by Gasteiger charge is 2.47. The number of aliphatic hydroxyl groups excluding tert-OH is 2. The largest absolute Gasteiger partial charge is 0.411 e. The van der Waals surface area contributed by atoms with Gasteiger partial charge in [-0.2, -0.15) is 0 Å². The number of benzene rings is 1. The fourth-order valence-corrected chi connectivity index (χ4v) is 5.59. The standard InChI is InChI=1S/C24H38O4Si/c1-24(2,3)29(4,5)28-18(12-11-17-9-7-6-8-10-17)13-14-19-20-15-23(26)27-22(20)16-21(19)25/h6-10,13-14,18-23,25-26H,11-12,15-16H2,1-5H3/b14-13+/t18-,19+,20+,21+,22-,23?/m0/s1. The lowest BCUT2D eigenvalue weighted by molar-refractivity contribution is -0.0949. The minimum atomic E-state index is -1.92. The second-order valence-electron chi connectivity index (χ2n) is 10.2. The first kappa shape index (κ1) is 22.7. The van der Waals surface area contributed by atoms with Crippen LogP contribution in [0.25, 0.3) is 0 Å². The lowest BCUT2D eigenvalue weighted by Gasteiger charge is -2.39. The van der Waals surface area contributed by atoms with Crippen LogP contribution in [0.5, 0.6) is 0 Å². The summed E-state index contributed by atoms with van der Waals surface area (Å²) >= 11 is 0. The van der Waals surface area contributed by atoms with Crippen LogP contribution in [0.2, 0.25) is 18.1 Å². The lowest BCUT2D eigenvalue weighted by atomic mass is 9.91. The van der Waals surface area contributed by atoms with Crippen molar-refractivity contribution in [1.29, 1.82) is 0 Å². The van der Waals surface area contributed by atoms with E-state index in [0.29, 0.717) is 12.8 Å². The van der Waals surface area contributed by atoms with E-state index in [1.807, 2.05) is 6.07 Å². The van der Waals surface area contributed by atoms with Crippen LogP contribution in [0, 0.1) is 11.8 Å². The molecule has 1 heterocycles. The zero-order valence-electron chi connectivity index (χ0n) is 18.5. The van der Waals surface area contributed by atoms with E-state index in [2.05, 4.69) is 70.3 Å². The van der Waals surface area contributed by atoms with Crippen molar-refractivity contribution >= 4 is 8.32 Å². The minimum absolute atomic E-state index is 0.0228. The van der Waals surface area contributed by atoms with Crippen LogP contribution in [0.3, 0.4) is 0 Å². The van der Waals surface area contributed by atoms with Crippen LogP contribution in [-0.4, -0.2) is 43.1 Å². The van der Waals surface area contributed by atoms with Gasteiger partial charge in [-0.3, -0.25) is 0 Å². The molecule has 0 amide bonds. The number of fused-ring (bicyclic) bond motifs is 1. The van der Waals surface area contributed by atoms with Crippen LogP contribution in [-0.2, 0) is 15.6 Å².